The van der Waals surface area contributed by atoms with Gasteiger partial charge in [-0.05, 0) is 31.0 Å². The molecular formula is C15H12O4. The standard InChI is InChI=1S/C15H12O4/c1-7-3-4-10-14(18)13-11(17)5-9(16)6-12(13)19-15(10)8(7)2/h3-6,16-17H,1-2H3. The van der Waals surface area contributed by atoms with Gasteiger partial charge in [-0.2, -0.15) is 0 Å². The molecule has 0 saturated carbocycles. The molecule has 1 aromatic heterocycles. The van der Waals surface area contributed by atoms with Gasteiger partial charge in [-0.25, -0.2) is 0 Å². The Bertz CT molecular complexity index is 875. The molecule has 0 fully saturated rings. The number of hydrogen-bond donors (Lipinski definition) is 2. The van der Waals surface area contributed by atoms with Crippen LogP contribution in [0.5, 0.6) is 11.5 Å². The lowest BCUT2D eigenvalue weighted by atomic mass is 10.0. The largest absolute Gasteiger partial charge is 0.508 e. The topological polar surface area (TPSA) is 70.7 Å². The minimum atomic E-state index is -0.295. The second-order valence-electron chi connectivity index (χ2n) is 4.65. The molecule has 0 aliphatic heterocycles. The second-order valence-corrected chi connectivity index (χ2v) is 4.65. The zero-order chi connectivity index (χ0) is 13.7. The number of fused-ring (bicyclic) bond motifs is 2. The van der Waals surface area contributed by atoms with Gasteiger partial charge in [0.25, 0.3) is 0 Å². The summed E-state index contributed by atoms with van der Waals surface area (Å²) in [5.41, 5.74) is 2.27. The Morgan fingerprint density at radius 1 is 1.11 bits per heavy atom. The zero-order valence-corrected chi connectivity index (χ0v) is 10.5. The molecule has 4 heteroatoms. The molecule has 1 heterocycles. The smallest absolute Gasteiger partial charge is 0.204 e. The summed E-state index contributed by atoms with van der Waals surface area (Å²) in [6, 6.07) is 6.00. The molecule has 0 spiro atoms. The molecule has 2 N–H and O–H groups in total. The van der Waals surface area contributed by atoms with Gasteiger partial charge in [-0.3, -0.25) is 4.79 Å². The molecule has 3 rings (SSSR count). The van der Waals surface area contributed by atoms with Crippen molar-refractivity contribution in [3.8, 4) is 11.5 Å². The van der Waals surface area contributed by atoms with E-state index in [1.807, 2.05) is 19.9 Å². The molecule has 96 valence electrons. The minimum absolute atomic E-state index is 0.0913. The van der Waals surface area contributed by atoms with Crippen LogP contribution >= 0.6 is 0 Å². The maximum atomic E-state index is 12.4. The van der Waals surface area contributed by atoms with Crippen LogP contribution in [0.2, 0.25) is 0 Å². The zero-order valence-electron chi connectivity index (χ0n) is 10.5. The first-order valence-corrected chi connectivity index (χ1v) is 5.87. The number of aryl methyl sites for hydroxylation is 2. The maximum Gasteiger partial charge on any atom is 0.204 e. The molecule has 0 saturated heterocycles. The van der Waals surface area contributed by atoms with Gasteiger partial charge in [0.15, 0.2) is 0 Å². The first-order valence-electron chi connectivity index (χ1n) is 5.87. The predicted octanol–water partition coefficient (Wildman–Crippen LogP) is 2.97. The summed E-state index contributed by atoms with van der Waals surface area (Å²) in [5.74, 6) is -0.415. The Morgan fingerprint density at radius 2 is 1.84 bits per heavy atom. The van der Waals surface area contributed by atoms with Crippen molar-refractivity contribution in [1.82, 2.24) is 0 Å². The predicted molar refractivity (Wildman–Crippen MR) is 72.8 cm³/mol. The number of aromatic hydroxyl groups is 2. The fraction of sp³-hybridized carbons (Fsp3) is 0.133. The van der Waals surface area contributed by atoms with Crippen LogP contribution in [-0.2, 0) is 0 Å². The maximum absolute atomic E-state index is 12.4. The summed E-state index contributed by atoms with van der Waals surface area (Å²) < 4.78 is 5.68. The lowest BCUT2D eigenvalue weighted by Crippen LogP contribution is -2.03. The van der Waals surface area contributed by atoms with Gasteiger partial charge in [-0.15, -0.1) is 0 Å². The number of rotatable bonds is 0. The van der Waals surface area contributed by atoms with Gasteiger partial charge in [0, 0.05) is 12.1 Å². The van der Waals surface area contributed by atoms with E-state index in [4.69, 9.17) is 4.42 Å². The molecule has 0 aliphatic rings. The lowest BCUT2D eigenvalue weighted by molar-refractivity contribution is 0.453. The summed E-state index contributed by atoms with van der Waals surface area (Å²) in [6.45, 7) is 3.80. The van der Waals surface area contributed by atoms with Crippen molar-refractivity contribution in [3.05, 3.63) is 45.6 Å². The normalized spacial score (nSPS) is 11.3. The van der Waals surface area contributed by atoms with E-state index in [2.05, 4.69) is 0 Å². The summed E-state index contributed by atoms with van der Waals surface area (Å²) >= 11 is 0. The molecule has 0 aliphatic carbocycles. The molecule has 4 nitrogen and oxygen atoms in total. The van der Waals surface area contributed by atoms with Crippen molar-refractivity contribution in [2.75, 3.05) is 0 Å². The van der Waals surface area contributed by atoms with Crippen molar-refractivity contribution in [2.24, 2.45) is 0 Å². The highest BCUT2D eigenvalue weighted by atomic mass is 16.3. The molecule has 0 unspecified atom stereocenters. The summed E-state index contributed by atoms with van der Waals surface area (Å²) in [7, 11) is 0. The molecule has 0 bridgehead atoms. The van der Waals surface area contributed by atoms with Crippen molar-refractivity contribution >= 4 is 21.9 Å². The van der Waals surface area contributed by atoms with E-state index in [0.29, 0.717) is 11.0 Å². The van der Waals surface area contributed by atoms with E-state index in [1.54, 1.807) is 6.07 Å². The Balaban J connectivity index is 2.64. The van der Waals surface area contributed by atoms with Crippen LogP contribution in [0.25, 0.3) is 21.9 Å². The summed E-state index contributed by atoms with van der Waals surface area (Å²) in [4.78, 5) is 12.4. The number of phenols is 2. The Kier molecular flexibility index (Phi) is 2.29. The lowest BCUT2D eigenvalue weighted by Gasteiger charge is -2.07. The van der Waals surface area contributed by atoms with Crippen LogP contribution in [0.4, 0.5) is 0 Å². The van der Waals surface area contributed by atoms with E-state index < -0.39 is 0 Å². The molecule has 0 atom stereocenters. The average molecular weight is 256 g/mol. The first-order chi connectivity index (χ1) is 8.99. The molecule has 0 amide bonds. The monoisotopic (exact) mass is 256 g/mol. The van der Waals surface area contributed by atoms with Gasteiger partial charge < -0.3 is 14.6 Å². The van der Waals surface area contributed by atoms with Gasteiger partial charge in [0.05, 0.1) is 5.39 Å². The highest BCUT2D eigenvalue weighted by Gasteiger charge is 2.14. The van der Waals surface area contributed by atoms with Crippen LogP contribution in [0.1, 0.15) is 11.1 Å². The van der Waals surface area contributed by atoms with Crippen molar-refractivity contribution < 1.29 is 14.6 Å². The first kappa shape index (κ1) is 11.6. The Morgan fingerprint density at radius 3 is 2.58 bits per heavy atom. The van der Waals surface area contributed by atoms with E-state index >= 15 is 0 Å². The van der Waals surface area contributed by atoms with Crippen LogP contribution in [-0.4, -0.2) is 10.2 Å². The van der Waals surface area contributed by atoms with Crippen molar-refractivity contribution in [3.63, 3.8) is 0 Å². The fourth-order valence-corrected chi connectivity index (χ4v) is 2.24. The Labute approximate surface area is 108 Å². The highest BCUT2D eigenvalue weighted by Crippen LogP contribution is 2.31. The molecule has 19 heavy (non-hydrogen) atoms. The van der Waals surface area contributed by atoms with Crippen molar-refractivity contribution in [1.29, 1.82) is 0 Å². The Hall–Kier alpha value is -2.49. The fourth-order valence-electron chi connectivity index (χ4n) is 2.24. The van der Waals surface area contributed by atoms with Crippen LogP contribution in [0.15, 0.2) is 33.5 Å². The number of benzene rings is 2. The molecule has 3 aromatic rings. The van der Waals surface area contributed by atoms with Gasteiger partial charge in [-0.1, -0.05) is 6.07 Å². The quantitative estimate of drug-likeness (QED) is 0.606. The third-order valence-electron chi connectivity index (χ3n) is 3.43. The van der Waals surface area contributed by atoms with E-state index in [-0.39, 0.29) is 27.9 Å². The third kappa shape index (κ3) is 1.57. The summed E-state index contributed by atoms with van der Waals surface area (Å²) in [5, 5.41) is 19.8. The SMILES string of the molecule is Cc1ccc2c(=O)c3c(O)cc(O)cc3oc2c1C. The molecular weight excluding hydrogens is 244 g/mol. The van der Waals surface area contributed by atoms with Gasteiger partial charge >= 0.3 is 0 Å². The van der Waals surface area contributed by atoms with E-state index in [1.165, 1.54) is 6.07 Å². The summed E-state index contributed by atoms with van der Waals surface area (Å²) in [6.07, 6.45) is 0. The minimum Gasteiger partial charge on any atom is -0.508 e. The van der Waals surface area contributed by atoms with Gasteiger partial charge in [0.2, 0.25) is 5.43 Å². The van der Waals surface area contributed by atoms with Gasteiger partial charge in [0.1, 0.15) is 28.1 Å². The molecule has 2 aromatic carbocycles. The second kappa shape index (κ2) is 3.75. The van der Waals surface area contributed by atoms with Crippen LogP contribution in [0.3, 0.4) is 0 Å². The highest BCUT2D eigenvalue weighted by molar-refractivity contribution is 5.95. The van der Waals surface area contributed by atoms with Crippen LogP contribution < -0.4 is 5.43 Å². The number of hydrogen-bond acceptors (Lipinski definition) is 4. The third-order valence-corrected chi connectivity index (χ3v) is 3.43. The van der Waals surface area contributed by atoms with Crippen molar-refractivity contribution in [2.45, 2.75) is 13.8 Å². The number of phenolic OH excluding ortho intramolecular Hbond substituents is 2. The molecule has 0 radical (unpaired) electrons. The van der Waals surface area contributed by atoms with Crippen LogP contribution in [0, 0.1) is 13.8 Å². The van der Waals surface area contributed by atoms with E-state index in [0.717, 1.165) is 17.2 Å². The average Bonchev–Trinajstić information content (AvgIpc) is 2.33. The van der Waals surface area contributed by atoms with E-state index in [9.17, 15) is 15.0 Å².